The van der Waals surface area contributed by atoms with Crippen LogP contribution in [0.1, 0.15) is 50.2 Å². The summed E-state index contributed by atoms with van der Waals surface area (Å²) in [4.78, 5) is 12.9. The van der Waals surface area contributed by atoms with E-state index < -0.39 is 11.4 Å². The summed E-state index contributed by atoms with van der Waals surface area (Å²) < 4.78 is 0. The summed E-state index contributed by atoms with van der Waals surface area (Å²) in [6.07, 6.45) is 3.68. The van der Waals surface area contributed by atoms with E-state index in [0.29, 0.717) is 12.5 Å². The summed E-state index contributed by atoms with van der Waals surface area (Å²) >= 11 is 0. The first kappa shape index (κ1) is 18.1. The van der Waals surface area contributed by atoms with Gasteiger partial charge in [-0.1, -0.05) is 36.4 Å². The number of carboxylic acids is 1. The second-order valence-corrected chi connectivity index (χ2v) is 7.70. The minimum atomic E-state index is -1.03. The zero-order chi connectivity index (χ0) is 18.9. The molecule has 5 heteroatoms. The van der Waals surface area contributed by atoms with Gasteiger partial charge in [0.15, 0.2) is 0 Å². The molecule has 0 unspecified atom stereocenters. The molecule has 0 atom stereocenters. The summed E-state index contributed by atoms with van der Waals surface area (Å²) in [5.74, 6) is -0.142. The number of carboxylic acid groups (broad SMARTS) is 1. The lowest BCUT2D eigenvalue weighted by Gasteiger charge is -2.26. The number of amidine groups is 1. The van der Waals surface area contributed by atoms with Crippen molar-refractivity contribution in [2.24, 2.45) is 5.41 Å². The standard InChI is InChI=1S/C21H25N3O2/c1-21(2,20(25)26)11-19(23)24(13-22)12-15-9-10-17(14-7-8-14)18-6-4-3-5-16(15)18/h3-6,9-10,13-14,22-23H,7-8,11-12H2,1-2H3,(H,25,26). The number of nitrogens with zero attached hydrogens (tertiary/aromatic N) is 1. The Morgan fingerprint density at radius 3 is 2.46 bits per heavy atom. The first-order valence-electron chi connectivity index (χ1n) is 8.92. The van der Waals surface area contributed by atoms with E-state index >= 15 is 0 Å². The van der Waals surface area contributed by atoms with Crippen LogP contribution in [0.4, 0.5) is 0 Å². The summed E-state index contributed by atoms with van der Waals surface area (Å²) in [7, 11) is 0. The fourth-order valence-electron chi connectivity index (χ4n) is 3.27. The monoisotopic (exact) mass is 351 g/mol. The lowest BCUT2D eigenvalue weighted by Crippen LogP contribution is -2.35. The third-order valence-electron chi connectivity index (χ3n) is 5.10. The maximum atomic E-state index is 11.3. The third-order valence-corrected chi connectivity index (χ3v) is 5.10. The van der Waals surface area contributed by atoms with Gasteiger partial charge in [-0.25, -0.2) is 0 Å². The van der Waals surface area contributed by atoms with Crippen LogP contribution < -0.4 is 0 Å². The van der Waals surface area contributed by atoms with Gasteiger partial charge in [-0.3, -0.25) is 15.6 Å². The number of benzene rings is 2. The lowest BCUT2D eigenvalue weighted by molar-refractivity contribution is -0.146. The van der Waals surface area contributed by atoms with Gasteiger partial charge in [0.2, 0.25) is 0 Å². The zero-order valence-corrected chi connectivity index (χ0v) is 15.2. The van der Waals surface area contributed by atoms with Gasteiger partial charge in [0.1, 0.15) is 5.84 Å². The lowest BCUT2D eigenvalue weighted by atomic mass is 9.88. The van der Waals surface area contributed by atoms with Crippen molar-refractivity contribution in [2.75, 3.05) is 0 Å². The molecule has 1 aliphatic rings. The molecule has 0 spiro atoms. The van der Waals surface area contributed by atoms with Crippen LogP contribution in [0.2, 0.25) is 0 Å². The van der Waals surface area contributed by atoms with Gasteiger partial charge in [0.25, 0.3) is 0 Å². The summed E-state index contributed by atoms with van der Waals surface area (Å²) in [6, 6.07) is 12.5. The van der Waals surface area contributed by atoms with Gasteiger partial charge in [0.05, 0.1) is 18.3 Å². The Morgan fingerprint density at radius 1 is 1.23 bits per heavy atom. The highest BCUT2D eigenvalue weighted by molar-refractivity contribution is 5.94. The maximum Gasteiger partial charge on any atom is 0.309 e. The van der Waals surface area contributed by atoms with Gasteiger partial charge < -0.3 is 10.0 Å². The molecule has 1 saturated carbocycles. The Morgan fingerprint density at radius 2 is 1.88 bits per heavy atom. The van der Waals surface area contributed by atoms with E-state index in [1.165, 1.54) is 28.7 Å². The topological polar surface area (TPSA) is 88.2 Å². The van der Waals surface area contributed by atoms with E-state index in [0.717, 1.165) is 17.3 Å². The molecule has 0 amide bonds. The molecule has 26 heavy (non-hydrogen) atoms. The summed E-state index contributed by atoms with van der Waals surface area (Å²) in [5, 5.41) is 27.7. The van der Waals surface area contributed by atoms with Gasteiger partial charge in [-0.2, -0.15) is 0 Å². The van der Waals surface area contributed by atoms with Crippen LogP contribution in [-0.4, -0.2) is 28.1 Å². The van der Waals surface area contributed by atoms with E-state index in [4.69, 9.17) is 10.8 Å². The molecule has 3 rings (SSSR count). The second kappa shape index (κ2) is 6.90. The molecule has 0 heterocycles. The van der Waals surface area contributed by atoms with Crippen LogP contribution in [0.5, 0.6) is 0 Å². The highest BCUT2D eigenvalue weighted by Crippen LogP contribution is 2.43. The predicted octanol–water partition coefficient (Wildman–Crippen LogP) is 4.60. The minimum Gasteiger partial charge on any atom is -0.481 e. The first-order valence-corrected chi connectivity index (χ1v) is 8.92. The van der Waals surface area contributed by atoms with Crippen molar-refractivity contribution in [3.63, 3.8) is 0 Å². The van der Waals surface area contributed by atoms with Crippen molar-refractivity contribution in [2.45, 2.75) is 45.6 Å². The Labute approximate surface area is 153 Å². The van der Waals surface area contributed by atoms with Crippen LogP contribution in [0, 0.1) is 16.2 Å². The normalized spacial score (nSPS) is 14.2. The maximum absolute atomic E-state index is 11.3. The van der Waals surface area contributed by atoms with E-state index in [-0.39, 0.29) is 12.3 Å². The molecule has 0 saturated heterocycles. The average molecular weight is 351 g/mol. The van der Waals surface area contributed by atoms with Gasteiger partial charge in [0, 0.05) is 6.42 Å². The molecule has 5 nitrogen and oxygen atoms in total. The number of fused-ring (bicyclic) bond motifs is 1. The molecule has 0 radical (unpaired) electrons. The molecule has 2 aromatic carbocycles. The highest BCUT2D eigenvalue weighted by atomic mass is 16.4. The highest BCUT2D eigenvalue weighted by Gasteiger charge is 2.30. The summed E-state index contributed by atoms with van der Waals surface area (Å²) in [5.41, 5.74) is 1.40. The molecular formula is C21H25N3O2. The van der Waals surface area contributed by atoms with Gasteiger partial charge >= 0.3 is 5.97 Å². The largest absolute Gasteiger partial charge is 0.481 e. The Balaban J connectivity index is 1.87. The van der Waals surface area contributed by atoms with Crippen LogP contribution in [0.3, 0.4) is 0 Å². The van der Waals surface area contributed by atoms with Crippen LogP contribution >= 0.6 is 0 Å². The van der Waals surface area contributed by atoms with E-state index in [1.54, 1.807) is 13.8 Å². The van der Waals surface area contributed by atoms with Crippen molar-refractivity contribution < 1.29 is 9.90 Å². The van der Waals surface area contributed by atoms with E-state index in [1.807, 2.05) is 12.1 Å². The number of nitrogens with one attached hydrogen (secondary N) is 2. The zero-order valence-electron chi connectivity index (χ0n) is 15.2. The van der Waals surface area contributed by atoms with Crippen molar-refractivity contribution in [3.05, 3.63) is 47.5 Å². The first-order chi connectivity index (χ1) is 12.3. The molecule has 0 aromatic heterocycles. The van der Waals surface area contributed by atoms with Gasteiger partial charge in [-0.05, 0) is 54.5 Å². The molecule has 136 valence electrons. The quantitative estimate of drug-likeness (QED) is 0.503. The van der Waals surface area contributed by atoms with E-state index in [2.05, 4.69) is 24.3 Å². The average Bonchev–Trinajstić information content (AvgIpc) is 3.43. The number of carbonyl (C=O) groups is 1. The number of hydrogen-bond acceptors (Lipinski definition) is 3. The summed E-state index contributed by atoms with van der Waals surface area (Å²) in [6.45, 7) is 3.60. The third kappa shape index (κ3) is 3.62. The fraction of sp³-hybridized carbons (Fsp3) is 0.381. The van der Waals surface area contributed by atoms with Crippen LogP contribution in [0.25, 0.3) is 10.8 Å². The van der Waals surface area contributed by atoms with Crippen LogP contribution in [-0.2, 0) is 11.3 Å². The van der Waals surface area contributed by atoms with Crippen molar-refractivity contribution >= 4 is 28.9 Å². The van der Waals surface area contributed by atoms with Crippen LogP contribution in [0.15, 0.2) is 36.4 Å². The Kier molecular flexibility index (Phi) is 4.81. The molecule has 0 aliphatic heterocycles. The molecule has 0 bridgehead atoms. The van der Waals surface area contributed by atoms with Crippen molar-refractivity contribution in [1.82, 2.24) is 4.90 Å². The number of rotatable bonds is 7. The molecule has 1 fully saturated rings. The SMILES string of the molecule is CC(C)(CC(=N)N(C=N)Cc1ccc(C2CC2)c2ccccc12)C(=O)O. The second-order valence-electron chi connectivity index (χ2n) is 7.70. The smallest absolute Gasteiger partial charge is 0.309 e. The molecule has 3 N–H and O–H groups in total. The number of hydrogen-bond donors (Lipinski definition) is 3. The molecule has 2 aromatic rings. The fourth-order valence-corrected chi connectivity index (χ4v) is 3.27. The number of aliphatic carboxylic acids is 1. The predicted molar refractivity (Wildman–Crippen MR) is 104 cm³/mol. The molecular weight excluding hydrogens is 326 g/mol. The Bertz CT molecular complexity index is 869. The molecule has 1 aliphatic carbocycles. The van der Waals surface area contributed by atoms with Crippen molar-refractivity contribution in [1.29, 1.82) is 10.8 Å². The van der Waals surface area contributed by atoms with Gasteiger partial charge in [-0.15, -0.1) is 0 Å². The van der Waals surface area contributed by atoms with E-state index in [9.17, 15) is 9.90 Å². The van der Waals surface area contributed by atoms with Crippen molar-refractivity contribution in [3.8, 4) is 0 Å². The minimum absolute atomic E-state index is 0.0792. The Hall–Kier alpha value is -2.69.